The molecular formula is C45H70N2O7. The van der Waals surface area contributed by atoms with Crippen LogP contribution in [-0.2, 0) is 23.9 Å². The third-order valence-electron chi connectivity index (χ3n) is 8.08. The minimum atomic E-state index is -1.40. The fourth-order valence-corrected chi connectivity index (χ4v) is 5.01. The van der Waals surface area contributed by atoms with E-state index in [1.165, 1.54) is 19.3 Å². The fraction of sp³-hybridized carbons (Fsp3) is 0.556. The Hall–Kier alpha value is -4.24. The number of hydrogen-bond acceptors (Lipinski definition) is 6. The number of aliphatic hydroxyl groups is 1. The number of carboxylic acid groups (broad SMARTS) is 1. The van der Waals surface area contributed by atoms with Crippen molar-refractivity contribution in [1.82, 2.24) is 10.6 Å². The number of esters is 1. The topological polar surface area (TPSA) is 142 Å². The molecule has 2 unspecified atom stereocenters. The Bertz CT molecular complexity index is 1230. The molecule has 2 amide bonds. The van der Waals surface area contributed by atoms with Crippen molar-refractivity contribution in [3.8, 4) is 0 Å². The normalized spacial score (nSPS) is 13.5. The van der Waals surface area contributed by atoms with Crippen LogP contribution in [0.25, 0.3) is 0 Å². The number of amides is 2. The first-order valence-corrected chi connectivity index (χ1v) is 20.1. The summed E-state index contributed by atoms with van der Waals surface area (Å²) in [5, 5.41) is 22.5. The van der Waals surface area contributed by atoms with E-state index in [2.05, 4.69) is 103 Å². The maximum absolute atomic E-state index is 12.7. The number of allylic oxidation sites excluding steroid dienone is 14. The van der Waals surface area contributed by atoms with Gasteiger partial charge in [-0.05, 0) is 83.1 Å². The molecule has 54 heavy (non-hydrogen) atoms. The van der Waals surface area contributed by atoms with Crippen LogP contribution in [-0.4, -0.2) is 59.3 Å². The van der Waals surface area contributed by atoms with Crippen LogP contribution in [0.3, 0.4) is 0 Å². The van der Waals surface area contributed by atoms with Gasteiger partial charge in [0.2, 0.25) is 11.8 Å². The van der Waals surface area contributed by atoms with Gasteiger partial charge in [0.05, 0.1) is 19.6 Å². The molecule has 0 spiro atoms. The molecule has 4 N–H and O–H groups in total. The van der Waals surface area contributed by atoms with Crippen LogP contribution in [0.4, 0.5) is 0 Å². The van der Waals surface area contributed by atoms with Gasteiger partial charge in [-0.2, -0.15) is 0 Å². The van der Waals surface area contributed by atoms with E-state index in [0.717, 1.165) is 83.5 Å². The van der Waals surface area contributed by atoms with E-state index in [0.29, 0.717) is 6.42 Å². The van der Waals surface area contributed by atoms with Crippen molar-refractivity contribution in [2.75, 3.05) is 13.2 Å². The first-order chi connectivity index (χ1) is 26.3. The van der Waals surface area contributed by atoms with Gasteiger partial charge in [0.15, 0.2) is 0 Å². The van der Waals surface area contributed by atoms with E-state index in [1.54, 1.807) is 0 Å². The Kier molecular flexibility index (Phi) is 35.5. The summed E-state index contributed by atoms with van der Waals surface area (Å²) in [6.07, 6.45) is 50.3. The Morgan fingerprint density at radius 1 is 0.611 bits per heavy atom. The lowest BCUT2D eigenvalue weighted by Gasteiger charge is -2.14. The highest BCUT2D eigenvalue weighted by Crippen LogP contribution is 2.13. The molecular weight excluding hydrogens is 681 g/mol. The number of carbonyl (C=O) groups is 4. The number of nitrogens with one attached hydrogen (secondary N) is 2. The Morgan fingerprint density at radius 3 is 1.72 bits per heavy atom. The monoisotopic (exact) mass is 751 g/mol. The van der Waals surface area contributed by atoms with E-state index in [-0.39, 0.29) is 37.4 Å². The Morgan fingerprint density at radius 2 is 1.15 bits per heavy atom. The lowest BCUT2D eigenvalue weighted by molar-refractivity contribution is -0.146. The van der Waals surface area contributed by atoms with Crippen molar-refractivity contribution in [2.24, 2.45) is 0 Å². The number of ether oxygens (including phenoxy) is 1. The number of hydrogen-bond donors (Lipinski definition) is 4. The predicted octanol–water partition coefficient (Wildman–Crippen LogP) is 9.48. The number of aliphatic hydroxyl groups excluding tert-OH is 1. The van der Waals surface area contributed by atoms with E-state index < -0.39 is 24.5 Å². The zero-order valence-electron chi connectivity index (χ0n) is 33.2. The highest BCUT2D eigenvalue weighted by Gasteiger charge is 2.18. The molecule has 0 aromatic heterocycles. The minimum Gasteiger partial charge on any atom is -0.480 e. The van der Waals surface area contributed by atoms with Gasteiger partial charge in [-0.25, -0.2) is 4.79 Å². The number of carbonyl (C=O) groups excluding carboxylic acids is 3. The SMILES string of the molecule is CC/C=C\C/C=C\C/C=C\C/C=C\C/C=C\CC(=O)OC(/C=C\C/C=C\C/C=C\CCCCC)CCCCCCCC(=O)NCC(=O)NC(CO)C(=O)O. The van der Waals surface area contributed by atoms with Gasteiger partial charge in [0.25, 0.3) is 0 Å². The number of aliphatic carboxylic acids is 1. The molecule has 0 aliphatic carbocycles. The highest BCUT2D eigenvalue weighted by molar-refractivity contribution is 5.87. The van der Waals surface area contributed by atoms with Gasteiger partial charge in [-0.15, -0.1) is 0 Å². The van der Waals surface area contributed by atoms with Crippen LogP contribution in [0.5, 0.6) is 0 Å². The van der Waals surface area contributed by atoms with E-state index in [4.69, 9.17) is 14.9 Å². The third kappa shape index (κ3) is 34.8. The predicted molar refractivity (Wildman–Crippen MR) is 222 cm³/mol. The summed E-state index contributed by atoms with van der Waals surface area (Å²) in [5.41, 5.74) is 0. The zero-order chi connectivity index (χ0) is 39.7. The summed E-state index contributed by atoms with van der Waals surface area (Å²) in [5.74, 6) is -2.55. The van der Waals surface area contributed by atoms with Crippen LogP contribution < -0.4 is 10.6 Å². The molecule has 9 heteroatoms. The van der Waals surface area contributed by atoms with E-state index >= 15 is 0 Å². The van der Waals surface area contributed by atoms with Crippen LogP contribution >= 0.6 is 0 Å². The summed E-state index contributed by atoms with van der Waals surface area (Å²) < 4.78 is 5.83. The molecule has 0 radical (unpaired) electrons. The highest BCUT2D eigenvalue weighted by atomic mass is 16.5. The van der Waals surface area contributed by atoms with Crippen molar-refractivity contribution in [3.05, 3.63) is 97.2 Å². The Labute approximate surface area is 326 Å². The maximum Gasteiger partial charge on any atom is 0.328 e. The second kappa shape index (κ2) is 38.5. The fourth-order valence-electron chi connectivity index (χ4n) is 5.01. The summed E-state index contributed by atoms with van der Waals surface area (Å²) in [6, 6.07) is -1.40. The van der Waals surface area contributed by atoms with Gasteiger partial charge in [-0.3, -0.25) is 14.4 Å². The first-order valence-electron chi connectivity index (χ1n) is 20.1. The van der Waals surface area contributed by atoms with E-state index in [1.807, 2.05) is 18.2 Å². The van der Waals surface area contributed by atoms with Gasteiger partial charge < -0.3 is 25.6 Å². The summed E-state index contributed by atoms with van der Waals surface area (Å²) in [7, 11) is 0. The van der Waals surface area contributed by atoms with Gasteiger partial charge in [0, 0.05) is 6.42 Å². The quantitative estimate of drug-likeness (QED) is 0.0292. The molecule has 0 heterocycles. The average molecular weight is 751 g/mol. The third-order valence-corrected chi connectivity index (χ3v) is 8.08. The van der Waals surface area contributed by atoms with Crippen LogP contribution in [0, 0.1) is 0 Å². The smallest absolute Gasteiger partial charge is 0.328 e. The lowest BCUT2D eigenvalue weighted by atomic mass is 10.1. The molecule has 0 bridgehead atoms. The average Bonchev–Trinajstić information content (AvgIpc) is 3.15. The summed E-state index contributed by atoms with van der Waals surface area (Å²) >= 11 is 0. The zero-order valence-corrected chi connectivity index (χ0v) is 33.2. The number of unbranched alkanes of at least 4 members (excludes halogenated alkanes) is 7. The first kappa shape index (κ1) is 49.8. The second-order valence-corrected chi connectivity index (χ2v) is 13.0. The molecule has 0 aromatic rings. The van der Waals surface area contributed by atoms with Crippen LogP contribution in [0.2, 0.25) is 0 Å². The maximum atomic E-state index is 12.7. The van der Waals surface area contributed by atoms with Crippen molar-refractivity contribution in [2.45, 2.75) is 148 Å². The summed E-state index contributed by atoms with van der Waals surface area (Å²) in [4.78, 5) is 47.4. The van der Waals surface area contributed by atoms with E-state index in [9.17, 15) is 19.2 Å². The molecule has 0 aromatic carbocycles. The van der Waals surface area contributed by atoms with Crippen LogP contribution in [0.1, 0.15) is 136 Å². The molecule has 0 rings (SSSR count). The van der Waals surface area contributed by atoms with Crippen molar-refractivity contribution in [1.29, 1.82) is 0 Å². The number of carboxylic acids is 1. The van der Waals surface area contributed by atoms with Gasteiger partial charge in [-0.1, -0.05) is 137 Å². The molecule has 0 fully saturated rings. The van der Waals surface area contributed by atoms with Crippen LogP contribution in [0.15, 0.2) is 97.2 Å². The van der Waals surface area contributed by atoms with Crippen molar-refractivity contribution in [3.63, 3.8) is 0 Å². The lowest BCUT2D eigenvalue weighted by Crippen LogP contribution is -2.47. The molecule has 0 aliphatic heterocycles. The molecule has 302 valence electrons. The summed E-state index contributed by atoms with van der Waals surface area (Å²) in [6.45, 7) is 3.28. The number of rotatable bonds is 34. The van der Waals surface area contributed by atoms with Gasteiger partial charge in [0.1, 0.15) is 12.1 Å². The second-order valence-electron chi connectivity index (χ2n) is 13.0. The standard InChI is InChI=1S/C45H70N2O7/c1-3-5-7-9-11-13-15-16-17-18-20-22-24-29-33-37-44(51)54-40(34-30-26-23-21-19-14-12-10-8-6-4-2)35-31-27-25-28-32-36-42(49)46-38-43(50)47-41(39-48)45(52)53/h5,7,11-14,16-17,20-23,29-30,33-34,40-41,48H,3-4,6,8-10,15,18-19,24-28,31-32,35-39H2,1-2H3,(H,46,49)(H,47,50)(H,52,53)/b7-5-,13-11-,14-12-,17-16-,22-20-,23-21-,33-29-,34-30-. The molecule has 0 saturated carbocycles. The van der Waals surface area contributed by atoms with Gasteiger partial charge >= 0.3 is 11.9 Å². The molecule has 0 aliphatic rings. The molecule has 9 nitrogen and oxygen atoms in total. The minimum absolute atomic E-state index is 0.230. The van der Waals surface area contributed by atoms with Crippen molar-refractivity contribution < 1.29 is 34.1 Å². The molecule has 0 saturated heterocycles. The Balaban J connectivity index is 4.60. The largest absolute Gasteiger partial charge is 0.480 e. The molecule has 2 atom stereocenters. The van der Waals surface area contributed by atoms with Crippen molar-refractivity contribution >= 4 is 23.8 Å².